The summed E-state index contributed by atoms with van der Waals surface area (Å²) in [5.74, 6) is 0.158. The van der Waals surface area contributed by atoms with E-state index in [0.717, 1.165) is 5.56 Å². The Morgan fingerprint density at radius 1 is 1.56 bits per heavy atom. The number of nitrogens with one attached hydrogen (secondary N) is 1. The van der Waals surface area contributed by atoms with Crippen LogP contribution in [0.4, 0.5) is 0 Å². The Kier molecular flexibility index (Phi) is 5.04. The lowest BCUT2D eigenvalue weighted by molar-refractivity contribution is -0.125. The molecule has 0 fully saturated rings. The van der Waals surface area contributed by atoms with Gasteiger partial charge in [-0.15, -0.1) is 0 Å². The number of hydrogen-bond donors (Lipinski definition) is 2. The van der Waals surface area contributed by atoms with Crippen LogP contribution in [0.25, 0.3) is 0 Å². The summed E-state index contributed by atoms with van der Waals surface area (Å²) in [5, 5.41) is 0.604. The number of amides is 1. The molecular weight excluding hydrogens is 232 g/mol. The normalized spacial score (nSPS) is 10.1. The quantitative estimate of drug-likeness (QED) is 0.575. The number of methoxy groups -OCH3 is 1. The van der Waals surface area contributed by atoms with E-state index in [9.17, 15) is 4.79 Å². The average molecular weight is 245 g/mol. The van der Waals surface area contributed by atoms with Gasteiger partial charge >= 0.3 is 0 Å². The van der Waals surface area contributed by atoms with Gasteiger partial charge in [0.1, 0.15) is 12.4 Å². The predicted molar refractivity (Wildman–Crippen MR) is 60.0 cm³/mol. The second-order valence-electron chi connectivity index (χ2n) is 3.03. The van der Waals surface area contributed by atoms with Gasteiger partial charge in [-0.05, 0) is 18.2 Å². The van der Waals surface area contributed by atoms with Crippen molar-refractivity contribution in [3.8, 4) is 5.75 Å². The largest absolute Gasteiger partial charge is 0.496 e. The molecule has 0 aliphatic heterocycles. The van der Waals surface area contributed by atoms with Gasteiger partial charge in [-0.1, -0.05) is 11.6 Å². The van der Waals surface area contributed by atoms with Crippen LogP contribution in [0.15, 0.2) is 18.2 Å². The Morgan fingerprint density at radius 3 is 2.94 bits per heavy atom. The lowest BCUT2D eigenvalue weighted by atomic mass is 10.2. The third kappa shape index (κ3) is 4.06. The first-order valence-corrected chi connectivity index (χ1v) is 4.96. The molecule has 0 radical (unpaired) electrons. The van der Waals surface area contributed by atoms with Crippen LogP contribution in [-0.4, -0.2) is 19.6 Å². The Morgan fingerprint density at radius 2 is 2.31 bits per heavy atom. The van der Waals surface area contributed by atoms with Crippen molar-refractivity contribution >= 4 is 17.5 Å². The number of ether oxygens (including phenoxy) is 1. The van der Waals surface area contributed by atoms with Crippen LogP contribution >= 0.6 is 11.6 Å². The molecule has 0 aliphatic carbocycles. The van der Waals surface area contributed by atoms with Gasteiger partial charge in [0.25, 0.3) is 0 Å². The summed E-state index contributed by atoms with van der Waals surface area (Å²) < 4.78 is 5.13. The highest BCUT2D eigenvalue weighted by atomic mass is 35.5. The Labute approximate surface area is 98.4 Å². The van der Waals surface area contributed by atoms with Gasteiger partial charge in [-0.25, -0.2) is 0 Å². The van der Waals surface area contributed by atoms with E-state index in [4.69, 9.17) is 26.9 Å². The summed E-state index contributed by atoms with van der Waals surface area (Å²) in [4.78, 5) is 15.2. The molecule has 0 saturated heterocycles. The molecule has 5 nitrogen and oxygen atoms in total. The zero-order valence-corrected chi connectivity index (χ0v) is 9.58. The Balaban J connectivity index is 2.51. The molecule has 1 aromatic carbocycles. The van der Waals surface area contributed by atoms with Gasteiger partial charge < -0.3 is 10.5 Å². The van der Waals surface area contributed by atoms with Crippen molar-refractivity contribution in [2.45, 2.75) is 6.54 Å². The van der Waals surface area contributed by atoms with E-state index >= 15 is 0 Å². The number of carbonyl (C=O) groups is 1. The fourth-order valence-electron chi connectivity index (χ4n) is 1.14. The summed E-state index contributed by atoms with van der Waals surface area (Å²) in [6.07, 6.45) is 0. The summed E-state index contributed by atoms with van der Waals surface area (Å²) in [7, 11) is 1.57. The van der Waals surface area contributed by atoms with Gasteiger partial charge in [-0.3, -0.25) is 9.63 Å². The third-order valence-corrected chi connectivity index (χ3v) is 2.06. The first-order chi connectivity index (χ1) is 7.63. The summed E-state index contributed by atoms with van der Waals surface area (Å²) in [6.45, 7) is 0.194. The topological polar surface area (TPSA) is 73.6 Å². The third-order valence-electron chi connectivity index (χ3n) is 1.82. The van der Waals surface area contributed by atoms with Gasteiger partial charge in [0, 0.05) is 17.1 Å². The van der Waals surface area contributed by atoms with Crippen molar-refractivity contribution in [3.05, 3.63) is 28.8 Å². The molecular formula is C10H13ClN2O3. The molecule has 0 aliphatic rings. The average Bonchev–Trinajstić information content (AvgIpc) is 2.24. The highest BCUT2D eigenvalue weighted by molar-refractivity contribution is 6.30. The van der Waals surface area contributed by atoms with Gasteiger partial charge in [0.2, 0.25) is 5.91 Å². The number of hydroxylamine groups is 1. The zero-order chi connectivity index (χ0) is 12.0. The molecule has 0 heterocycles. The second kappa shape index (κ2) is 6.32. The fourth-order valence-corrected chi connectivity index (χ4v) is 1.33. The van der Waals surface area contributed by atoms with Gasteiger partial charge in [-0.2, -0.15) is 5.48 Å². The van der Waals surface area contributed by atoms with E-state index in [-0.39, 0.29) is 6.61 Å². The van der Waals surface area contributed by atoms with Crippen LogP contribution < -0.4 is 16.0 Å². The number of primary amides is 1. The number of benzene rings is 1. The molecule has 6 heteroatoms. The first kappa shape index (κ1) is 12.8. The minimum atomic E-state index is -0.537. The fraction of sp³-hybridized carbons (Fsp3) is 0.300. The second-order valence-corrected chi connectivity index (χ2v) is 3.47. The van der Waals surface area contributed by atoms with Gasteiger partial charge in [0.05, 0.1) is 7.11 Å². The number of rotatable bonds is 6. The molecule has 1 aromatic rings. The molecule has 3 N–H and O–H groups in total. The zero-order valence-electron chi connectivity index (χ0n) is 8.83. The van der Waals surface area contributed by atoms with Crippen molar-refractivity contribution in [2.75, 3.05) is 13.7 Å². The smallest absolute Gasteiger partial charge is 0.245 e. The molecule has 16 heavy (non-hydrogen) atoms. The van der Waals surface area contributed by atoms with Crippen LogP contribution in [0.1, 0.15) is 5.56 Å². The van der Waals surface area contributed by atoms with Gasteiger partial charge in [0.15, 0.2) is 0 Å². The van der Waals surface area contributed by atoms with Crippen molar-refractivity contribution < 1.29 is 14.4 Å². The van der Waals surface area contributed by atoms with Crippen molar-refractivity contribution in [1.82, 2.24) is 5.48 Å². The summed E-state index contributed by atoms with van der Waals surface area (Å²) >= 11 is 5.84. The summed E-state index contributed by atoms with van der Waals surface area (Å²) in [5.41, 5.74) is 8.33. The minimum absolute atomic E-state index is 0.178. The molecule has 0 aromatic heterocycles. The van der Waals surface area contributed by atoms with Crippen LogP contribution in [0.5, 0.6) is 5.75 Å². The van der Waals surface area contributed by atoms with Crippen molar-refractivity contribution in [2.24, 2.45) is 5.73 Å². The first-order valence-electron chi connectivity index (χ1n) is 4.59. The number of carbonyl (C=O) groups excluding carboxylic acids is 1. The van der Waals surface area contributed by atoms with E-state index in [1.54, 1.807) is 25.3 Å². The Bertz CT molecular complexity index is 371. The van der Waals surface area contributed by atoms with Crippen LogP contribution in [0, 0.1) is 0 Å². The molecule has 0 unspecified atom stereocenters. The van der Waals surface area contributed by atoms with E-state index in [1.807, 2.05) is 0 Å². The molecule has 0 atom stereocenters. The van der Waals surface area contributed by atoms with Crippen LogP contribution in [0.3, 0.4) is 0 Å². The number of halogens is 1. The predicted octanol–water partition coefficient (Wildman–Crippen LogP) is 0.855. The summed E-state index contributed by atoms with van der Waals surface area (Å²) in [6, 6.07) is 5.24. The molecule has 1 amide bonds. The molecule has 0 spiro atoms. The maximum Gasteiger partial charge on any atom is 0.245 e. The van der Waals surface area contributed by atoms with Crippen LogP contribution in [-0.2, 0) is 16.2 Å². The maximum atomic E-state index is 10.4. The molecule has 0 bridgehead atoms. The Hall–Kier alpha value is -1.30. The lowest BCUT2D eigenvalue weighted by Gasteiger charge is -2.09. The standard InChI is InChI=1S/C10H13ClN2O3/c1-15-9-3-2-8(11)4-7(9)5-13-16-6-10(12)14/h2-4,13H,5-6H2,1H3,(H2,12,14). The highest BCUT2D eigenvalue weighted by Gasteiger charge is 2.03. The van der Waals surface area contributed by atoms with E-state index in [1.165, 1.54) is 0 Å². The van der Waals surface area contributed by atoms with Crippen LogP contribution in [0.2, 0.25) is 5.02 Å². The monoisotopic (exact) mass is 244 g/mol. The number of hydrogen-bond acceptors (Lipinski definition) is 4. The SMILES string of the molecule is COc1ccc(Cl)cc1CNOCC(N)=O. The minimum Gasteiger partial charge on any atom is -0.496 e. The lowest BCUT2D eigenvalue weighted by Crippen LogP contribution is -2.24. The maximum absolute atomic E-state index is 10.4. The molecule has 0 saturated carbocycles. The van der Waals surface area contributed by atoms with E-state index in [0.29, 0.717) is 17.3 Å². The van der Waals surface area contributed by atoms with Crippen molar-refractivity contribution in [1.29, 1.82) is 0 Å². The number of nitrogens with two attached hydrogens (primary N) is 1. The molecule has 88 valence electrons. The van der Waals surface area contributed by atoms with E-state index in [2.05, 4.69) is 5.48 Å². The van der Waals surface area contributed by atoms with E-state index < -0.39 is 5.91 Å². The molecule has 1 rings (SSSR count). The van der Waals surface area contributed by atoms with Crippen molar-refractivity contribution in [3.63, 3.8) is 0 Å². The highest BCUT2D eigenvalue weighted by Crippen LogP contribution is 2.22.